The van der Waals surface area contributed by atoms with E-state index in [2.05, 4.69) is 26.4 Å². The zero-order chi connectivity index (χ0) is 19.0. The molecule has 0 saturated carbocycles. The van der Waals surface area contributed by atoms with Crippen molar-refractivity contribution in [2.45, 2.75) is 26.4 Å². The van der Waals surface area contributed by atoms with Gasteiger partial charge in [-0.25, -0.2) is 14.8 Å². The smallest absolute Gasteiger partial charge is 0.358 e. The summed E-state index contributed by atoms with van der Waals surface area (Å²) in [5.41, 5.74) is 1.71. The fourth-order valence-corrected chi connectivity index (χ4v) is 3.36. The first kappa shape index (κ1) is 17.9. The van der Waals surface area contributed by atoms with E-state index in [1.165, 1.54) is 12.0 Å². The first-order chi connectivity index (χ1) is 12.3. The molecule has 0 fully saturated rings. The third kappa shape index (κ3) is 3.02. The first-order valence-electron chi connectivity index (χ1n) is 8.42. The predicted octanol–water partition coefficient (Wildman–Crippen LogP) is 1.66. The number of hydrogen-bond donors (Lipinski definition) is 0. The van der Waals surface area contributed by atoms with Crippen LogP contribution in [0.1, 0.15) is 45.3 Å². The molecule has 0 N–H and O–H groups in total. The molecule has 0 aliphatic carbocycles. The molecule has 2 aromatic heterocycles. The first-order valence-corrected chi connectivity index (χ1v) is 8.42. The Kier molecular flexibility index (Phi) is 4.67. The molecular weight excluding hydrogens is 334 g/mol. The van der Waals surface area contributed by atoms with Gasteiger partial charge >= 0.3 is 5.97 Å². The molecule has 1 atom stereocenters. The van der Waals surface area contributed by atoms with Gasteiger partial charge in [-0.05, 0) is 26.0 Å². The zero-order valence-corrected chi connectivity index (χ0v) is 15.7. The van der Waals surface area contributed by atoms with E-state index in [4.69, 9.17) is 4.74 Å². The Morgan fingerprint density at radius 2 is 2.04 bits per heavy atom. The van der Waals surface area contributed by atoms with Crippen LogP contribution in [0, 0.1) is 6.92 Å². The maximum Gasteiger partial charge on any atom is 0.358 e. The van der Waals surface area contributed by atoms with E-state index in [-0.39, 0.29) is 11.9 Å². The standard InChI is InChI=1S/C18H23N5O3/c1-11-9-22(15-7-6-13(8-19-15)17(24)21(3)4)10-14-16(18(25)26-5)20-12(2)23(11)14/h6-8,11H,9-10H2,1-5H3/t11-/m1/s1. The summed E-state index contributed by atoms with van der Waals surface area (Å²) >= 11 is 0. The number of hydrogen-bond acceptors (Lipinski definition) is 6. The van der Waals surface area contributed by atoms with Crippen LogP contribution >= 0.6 is 0 Å². The van der Waals surface area contributed by atoms with Gasteiger partial charge in [0.15, 0.2) is 5.69 Å². The van der Waals surface area contributed by atoms with Gasteiger partial charge in [-0.15, -0.1) is 0 Å². The van der Waals surface area contributed by atoms with Crippen LogP contribution in [0.5, 0.6) is 0 Å². The maximum absolute atomic E-state index is 12.1. The Balaban J connectivity index is 1.91. The fourth-order valence-electron chi connectivity index (χ4n) is 3.36. The van der Waals surface area contributed by atoms with Crippen molar-refractivity contribution in [1.82, 2.24) is 19.4 Å². The van der Waals surface area contributed by atoms with Gasteiger partial charge in [-0.3, -0.25) is 4.79 Å². The second kappa shape index (κ2) is 6.78. The largest absolute Gasteiger partial charge is 0.464 e. The van der Waals surface area contributed by atoms with E-state index in [1.54, 1.807) is 26.4 Å². The summed E-state index contributed by atoms with van der Waals surface area (Å²) in [6.45, 7) is 5.21. The molecule has 1 amide bonds. The predicted molar refractivity (Wildman–Crippen MR) is 96.3 cm³/mol. The number of amides is 1. The Morgan fingerprint density at radius 3 is 2.62 bits per heavy atom. The van der Waals surface area contributed by atoms with Crippen LogP contribution in [0.15, 0.2) is 18.3 Å². The molecule has 0 aromatic carbocycles. The lowest BCUT2D eigenvalue weighted by atomic mass is 10.1. The van der Waals surface area contributed by atoms with E-state index in [0.29, 0.717) is 17.8 Å². The van der Waals surface area contributed by atoms with Crippen molar-refractivity contribution in [3.8, 4) is 0 Å². The number of aromatic nitrogens is 3. The average Bonchev–Trinajstić information content (AvgIpc) is 2.97. The zero-order valence-electron chi connectivity index (χ0n) is 15.7. The van der Waals surface area contributed by atoms with Crippen LogP contribution in [-0.4, -0.2) is 59.1 Å². The molecule has 0 bridgehead atoms. The molecule has 138 valence electrons. The van der Waals surface area contributed by atoms with Gasteiger partial charge in [-0.2, -0.15) is 0 Å². The van der Waals surface area contributed by atoms with Gasteiger partial charge in [0, 0.05) is 32.9 Å². The van der Waals surface area contributed by atoms with Gasteiger partial charge in [-0.1, -0.05) is 0 Å². The van der Waals surface area contributed by atoms with Crippen molar-refractivity contribution in [2.24, 2.45) is 0 Å². The monoisotopic (exact) mass is 357 g/mol. The molecule has 0 radical (unpaired) electrons. The van der Waals surface area contributed by atoms with Crippen molar-refractivity contribution >= 4 is 17.7 Å². The molecule has 3 heterocycles. The van der Waals surface area contributed by atoms with Crippen molar-refractivity contribution in [3.63, 3.8) is 0 Å². The Labute approximate surface area is 152 Å². The molecule has 0 saturated heterocycles. The summed E-state index contributed by atoms with van der Waals surface area (Å²) in [6, 6.07) is 3.74. The molecule has 1 aliphatic rings. The van der Waals surface area contributed by atoms with Crippen LogP contribution in [0.4, 0.5) is 5.82 Å². The van der Waals surface area contributed by atoms with Crippen LogP contribution in [0.25, 0.3) is 0 Å². The normalized spacial score (nSPS) is 16.2. The lowest BCUT2D eigenvalue weighted by molar-refractivity contribution is 0.0592. The number of nitrogens with zero attached hydrogens (tertiary/aromatic N) is 5. The number of carbonyl (C=O) groups excluding carboxylic acids is 2. The topological polar surface area (TPSA) is 80.6 Å². The summed E-state index contributed by atoms with van der Waals surface area (Å²) in [6.07, 6.45) is 1.58. The quantitative estimate of drug-likeness (QED) is 0.777. The van der Waals surface area contributed by atoms with Gasteiger partial charge < -0.3 is 19.1 Å². The molecule has 0 unspecified atom stereocenters. The minimum atomic E-state index is -0.434. The number of pyridine rings is 1. The average molecular weight is 357 g/mol. The number of imidazole rings is 1. The van der Waals surface area contributed by atoms with Gasteiger partial charge in [0.05, 0.1) is 24.9 Å². The van der Waals surface area contributed by atoms with E-state index in [0.717, 1.165) is 23.9 Å². The van der Waals surface area contributed by atoms with E-state index in [1.807, 2.05) is 13.0 Å². The lowest BCUT2D eigenvalue weighted by Gasteiger charge is -2.34. The highest BCUT2D eigenvalue weighted by Gasteiger charge is 2.30. The second-order valence-electron chi connectivity index (χ2n) is 6.65. The van der Waals surface area contributed by atoms with E-state index >= 15 is 0 Å². The highest BCUT2D eigenvalue weighted by Crippen LogP contribution is 2.29. The van der Waals surface area contributed by atoms with Crippen molar-refractivity contribution < 1.29 is 14.3 Å². The van der Waals surface area contributed by atoms with E-state index < -0.39 is 5.97 Å². The van der Waals surface area contributed by atoms with Gasteiger partial charge in [0.25, 0.3) is 5.91 Å². The number of rotatable bonds is 3. The summed E-state index contributed by atoms with van der Waals surface area (Å²) in [4.78, 5) is 36.5. The summed E-state index contributed by atoms with van der Waals surface area (Å²) in [5.74, 6) is 1.04. The molecule has 8 nitrogen and oxygen atoms in total. The summed E-state index contributed by atoms with van der Waals surface area (Å²) < 4.78 is 6.94. The SMILES string of the molecule is COC(=O)c1nc(C)n2c1CN(c1ccc(C(=O)N(C)C)cn1)C[C@H]2C. The number of anilines is 1. The van der Waals surface area contributed by atoms with Gasteiger partial charge in [0.2, 0.25) is 0 Å². The van der Waals surface area contributed by atoms with Crippen molar-refractivity contribution in [2.75, 3.05) is 32.6 Å². The number of ether oxygens (including phenoxy) is 1. The number of methoxy groups -OCH3 is 1. The minimum Gasteiger partial charge on any atom is -0.464 e. The van der Waals surface area contributed by atoms with Crippen LogP contribution in [-0.2, 0) is 11.3 Å². The number of aryl methyl sites for hydroxylation is 1. The third-order valence-electron chi connectivity index (χ3n) is 4.56. The van der Waals surface area contributed by atoms with Crippen molar-refractivity contribution in [1.29, 1.82) is 0 Å². The molecule has 8 heteroatoms. The maximum atomic E-state index is 12.1. The Hall–Kier alpha value is -2.90. The molecule has 0 spiro atoms. The molecular formula is C18H23N5O3. The summed E-state index contributed by atoms with van der Waals surface area (Å²) in [7, 11) is 4.77. The minimum absolute atomic E-state index is 0.0854. The fraction of sp³-hybridized carbons (Fsp3) is 0.444. The molecule has 3 rings (SSSR count). The molecule has 1 aliphatic heterocycles. The number of carbonyl (C=O) groups is 2. The van der Waals surface area contributed by atoms with Crippen LogP contribution in [0.3, 0.4) is 0 Å². The Morgan fingerprint density at radius 1 is 1.31 bits per heavy atom. The third-order valence-corrected chi connectivity index (χ3v) is 4.56. The second-order valence-corrected chi connectivity index (χ2v) is 6.65. The highest BCUT2D eigenvalue weighted by atomic mass is 16.5. The Bertz CT molecular complexity index is 841. The van der Waals surface area contributed by atoms with Crippen LogP contribution in [0.2, 0.25) is 0 Å². The highest BCUT2D eigenvalue weighted by molar-refractivity contribution is 5.93. The lowest BCUT2D eigenvalue weighted by Crippen LogP contribution is -2.37. The molecule has 2 aromatic rings. The molecule has 26 heavy (non-hydrogen) atoms. The van der Waals surface area contributed by atoms with E-state index in [9.17, 15) is 9.59 Å². The number of esters is 1. The summed E-state index contributed by atoms with van der Waals surface area (Å²) in [5, 5.41) is 0. The van der Waals surface area contributed by atoms with Crippen molar-refractivity contribution in [3.05, 3.63) is 41.1 Å². The van der Waals surface area contributed by atoms with Crippen LogP contribution < -0.4 is 4.90 Å². The van der Waals surface area contributed by atoms with Gasteiger partial charge in [0.1, 0.15) is 11.6 Å². The number of fused-ring (bicyclic) bond motifs is 1.